The highest BCUT2D eigenvalue weighted by molar-refractivity contribution is 7.46. The summed E-state index contributed by atoms with van der Waals surface area (Å²) in [5.74, 6) is -1.68. The van der Waals surface area contributed by atoms with Crippen molar-refractivity contribution in [3.05, 3.63) is 0 Å². The molecule has 1 aliphatic rings. The van der Waals surface area contributed by atoms with Crippen LogP contribution in [0, 0.1) is 0 Å². The third kappa shape index (κ3) is 3.44. The van der Waals surface area contributed by atoms with E-state index in [9.17, 15) is 24.7 Å². The van der Waals surface area contributed by atoms with Crippen molar-refractivity contribution >= 4 is 13.8 Å². The number of rotatable bonds is 3. The molecule has 100 valence electrons. The summed E-state index contributed by atoms with van der Waals surface area (Å²) >= 11 is 0. The van der Waals surface area contributed by atoms with E-state index in [2.05, 4.69) is 9.26 Å². The first-order chi connectivity index (χ1) is 7.63. The van der Waals surface area contributed by atoms with Crippen LogP contribution in [0.1, 0.15) is 0 Å². The molecule has 6 N–H and O–H groups in total. The van der Waals surface area contributed by atoms with Gasteiger partial charge in [-0.25, -0.2) is 9.36 Å². The lowest BCUT2D eigenvalue weighted by atomic mass is 9.99. The lowest BCUT2D eigenvalue weighted by Crippen LogP contribution is -2.60. The monoisotopic (exact) mass is 274 g/mol. The van der Waals surface area contributed by atoms with E-state index in [0.717, 1.165) is 0 Å². The molecule has 17 heavy (non-hydrogen) atoms. The second kappa shape index (κ2) is 4.96. The second-order valence-corrected chi connectivity index (χ2v) is 4.52. The fourth-order valence-corrected chi connectivity index (χ4v) is 1.72. The quantitative estimate of drug-likeness (QED) is 0.291. The maximum Gasteiger partial charge on any atom is 0.472 e. The SMILES string of the molecule is O=C(O)[C@H]1O[C@@H](OP(=O)(O)O)[C@H](O)[C@@H](O)[C@@H]1O. The predicted molar refractivity (Wildman–Crippen MR) is 47.4 cm³/mol. The standard InChI is InChI=1S/C6H11O10P/c7-1-2(8)4(5(10)11)15-6(3(1)9)16-17(12,13)14/h1-4,6-9H,(H,10,11)(H2,12,13,14)/t1-,2-,3+,4-,6-/m0/s1. The summed E-state index contributed by atoms with van der Waals surface area (Å²) in [5, 5.41) is 36.4. The molecule has 0 aromatic carbocycles. The molecule has 1 fully saturated rings. The van der Waals surface area contributed by atoms with Gasteiger partial charge < -0.3 is 34.9 Å². The van der Waals surface area contributed by atoms with Crippen LogP contribution in [0.4, 0.5) is 0 Å². The van der Waals surface area contributed by atoms with Crippen LogP contribution in [0.2, 0.25) is 0 Å². The van der Waals surface area contributed by atoms with Gasteiger partial charge in [0, 0.05) is 0 Å². The molecule has 0 radical (unpaired) electrons. The molecule has 5 atom stereocenters. The average molecular weight is 274 g/mol. The molecular weight excluding hydrogens is 263 g/mol. The smallest absolute Gasteiger partial charge is 0.472 e. The molecule has 1 saturated heterocycles. The van der Waals surface area contributed by atoms with E-state index in [1.54, 1.807) is 0 Å². The molecule has 0 aromatic heterocycles. The van der Waals surface area contributed by atoms with Gasteiger partial charge in [-0.1, -0.05) is 0 Å². The van der Waals surface area contributed by atoms with Gasteiger partial charge in [-0.2, -0.15) is 0 Å². The molecule has 0 amide bonds. The van der Waals surface area contributed by atoms with Crippen molar-refractivity contribution in [2.45, 2.75) is 30.7 Å². The third-order valence-electron chi connectivity index (χ3n) is 2.05. The molecule has 0 aliphatic carbocycles. The van der Waals surface area contributed by atoms with Gasteiger partial charge >= 0.3 is 13.8 Å². The normalized spacial score (nSPS) is 39.0. The summed E-state index contributed by atoms with van der Waals surface area (Å²) in [6.07, 6.45) is -9.94. The van der Waals surface area contributed by atoms with Crippen LogP contribution >= 0.6 is 7.82 Å². The molecule has 11 heteroatoms. The van der Waals surface area contributed by atoms with Crippen LogP contribution in [-0.4, -0.2) is 66.9 Å². The first-order valence-electron chi connectivity index (χ1n) is 4.30. The Labute approximate surface area is 94.3 Å². The number of phosphoric ester groups is 1. The van der Waals surface area contributed by atoms with Crippen molar-refractivity contribution in [2.75, 3.05) is 0 Å². The zero-order valence-corrected chi connectivity index (χ0v) is 9.04. The molecule has 0 bridgehead atoms. The van der Waals surface area contributed by atoms with Crippen molar-refractivity contribution in [1.29, 1.82) is 0 Å². The number of phosphoric acid groups is 1. The minimum Gasteiger partial charge on any atom is -0.479 e. The largest absolute Gasteiger partial charge is 0.479 e. The highest BCUT2D eigenvalue weighted by Gasteiger charge is 2.49. The van der Waals surface area contributed by atoms with E-state index < -0.39 is 44.5 Å². The van der Waals surface area contributed by atoms with Crippen molar-refractivity contribution in [3.8, 4) is 0 Å². The fraction of sp³-hybridized carbons (Fsp3) is 0.833. The van der Waals surface area contributed by atoms with E-state index in [1.165, 1.54) is 0 Å². The summed E-state index contributed by atoms with van der Waals surface area (Å²) < 4.78 is 18.9. The Bertz CT molecular complexity index is 338. The molecule has 1 rings (SSSR count). The van der Waals surface area contributed by atoms with E-state index in [4.69, 9.17) is 14.9 Å². The minimum atomic E-state index is -5.05. The number of carboxylic acids is 1. The summed E-state index contributed by atoms with van der Waals surface area (Å²) in [6, 6.07) is 0. The van der Waals surface area contributed by atoms with Gasteiger partial charge in [0.1, 0.15) is 18.3 Å². The Balaban J connectivity index is 2.85. The minimum absolute atomic E-state index is 1.68. The van der Waals surface area contributed by atoms with Gasteiger partial charge in [-0.15, -0.1) is 0 Å². The van der Waals surface area contributed by atoms with Crippen molar-refractivity contribution in [2.24, 2.45) is 0 Å². The Morgan fingerprint density at radius 3 is 2.06 bits per heavy atom. The number of carbonyl (C=O) groups is 1. The average Bonchev–Trinajstić information content (AvgIpc) is 2.16. The fourth-order valence-electron chi connectivity index (χ4n) is 1.27. The Kier molecular flexibility index (Phi) is 4.23. The first-order valence-corrected chi connectivity index (χ1v) is 5.83. The van der Waals surface area contributed by atoms with Gasteiger partial charge in [0.2, 0.25) is 0 Å². The number of hydrogen-bond acceptors (Lipinski definition) is 7. The van der Waals surface area contributed by atoms with Crippen molar-refractivity contribution in [1.82, 2.24) is 0 Å². The van der Waals surface area contributed by atoms with Gasteiger partial charge in [-0.3, -0.25) is 4.52 Å². The zero-order valence-electron chi connectivity index (χ0n) is 8.15. The van der Waals surface area contributed by atoms with E-state index in [-0.39, 0.29) is 0 Å². The molecule has 1 aliphatic heterocycles. The van der Waals surface area contributed by atoms with Gasteiger partial charge in [0.15, 0.2) is 12.4 Å². The third-order valence-corrected chi connectivity index (χ3v) is 2.54. The Hall–Kier alpha value is -0.580. The van der Waals surface area contributed by atoms with E-state index in [0.29, 0.717) is 0 Å². The first kappa shape index (κ1) is 14.5. The molecule has 0 unspecified atom stereocenters. The van der Waals surface area contributed by atoms with Gasteiger partial charge in [0.25, 0.3) is 0 Å². The number of aliphatic carboxylic acids is 1. The lowest BCUT2D eigenvalue weighted by Gasteiger charge is -2.38. The van der Waals surface area contributed by atoms with E-state index >= 15 is 0 Å². The highest BCUT2D eigenvalue weighted by Crippen LogP contribution is 2.40. The number of aliphatic hydroxyl groups excluding tert-OH is 3. The Morgan fingerprint density at radius 1 is 1.12 bits per heavy atom. The van der Waals surface area contributed by atoms with Gasteiger partial charge in [-0.05, 0) is 0 Å². The summed E-state index contributed by atoms with van der Waals surface area (Å²) in [6.45, 7) is 0. The predicted octanol–water partition coefficient (Wildman–Crippen LogP) is -3.01. The number of hydrogen-bond donors (Lipinski definition) is 6. The van der Waals surface area contributed by atoms with E-state index in [1.807, 2.05) is 0 Å². The zero-order chi connectivity index (χ0) is 13.4. The Morgan fingerprint density at radius 2 is 1.65 bits per heavy atom. The topological polar surface area (TPSA) is 174 Å². The molecule has 1 heterocycles. The molecular formula is C6H11O10P. The summed E-state index contributed by atoms with van der Waals surface area (Å²) in [5.41, 5.74) is 0. The maximum absolute atomic E-state index is 10.6. The summed E-state index contributed by atoms with van der Waals surface area (Å²) in [7, 11) is -5.05. The van der Waals surface area contributed by atoms with Crippen molar-refractivity contribution < 1.29 is 48.8 Å². The van der Waals surface area contributed by atoms with Crippen molar-refractivity contribution in [3.63, 3.8) is 0 Å². The molecule has 0 spiro atoms. The summed E-state index contributed by atoms with van der Waals surface area (Å²) in [4.78, 5) is 27.5. The highest BCUT2D eigenvalue weighted by atomic mass is 31.2. The van der Waals surface area contributed by atoms with Crippen LogP contribution in [-0.2, 0) is 18.6 Å². The van der Waals surface area contributed by atoms with Crippen LogP contribution < -0.4 is 0 Å². The number of carboxylic acid groups (broad SMARTS) is 1. The maximum atomic E-state index is 10.6. The van der Waals surface area contributed by atoms with Gasteiger partial charge in [0.05, 0.1) is 0 Å². The molecule has 0 aromatic rings. The van der Waals surface area contributed by atoms with Crippen LogP contribution in [0.5, 0.6) is 0 Å². The molecule has 10 nitrogen and oxygen atoms in total. The number of aliphatic hydroxyl groups is 3. The van der Waals surface area contributed by atoms with Crippen LogP contribution in [0.3, 0.4) is 0 Å². The van der Waals surface area contributed by atoms with Crippen LogP contribution in [0.15, 0.2) is 0 Å². The molecule has 0 saturated carbocycles. The lowest BCUT2D eigenvalue weighted by molar-refractivity contribution is -0.274. The second-order valence-electron chi connectivity index (χ2n) is 3.33. The van der Waals surface area contributed by atoms with Crippen LogP contribution in [0.25, 0.3) is 0 Å². The number of ether oxygens (including phenoxy) is 1.